The highest BCUT2D eigenvalue weighted by Gasteiger charge is 2.22. The Bertz CT molecular complexity index is 727. The molecule has 0 saturated carbocycles. The predicted molar refractivity (Wildman–Crippen MR) is 89.2 cm³/mol. The van der Waals surface area contributed by atoms with Crippen LogP contribution in [0.15, 0.2) is 23.1 Å². The maximum Gasteiger partial charge on any atom is 0.319 e. The number of benzene rings is 1. The third kappa shape index (κ3) is 6.45. The van der Waals surface area contributed by atoms with E-state index >= 15 is 0 Å². The molecule has 0 heterocycles. The van der Waals surface area contributed by atoms with Crippen LogP contribution in [-0.2, 0) is 14.6 Å². The Morgan fingerprint density at radius 1 is 1.25 bits per heavy atom. The molecule has 0 aromatic heterocycles. The van der Waals surface area contributed by atoms with Crippen molar-refractivity contribution in [2.45, 2.75) is 37.1 Å². The molecule has 1 aromatic rings. The molecule has 0 unspecified atom stereocenters. The molecule has 8 nitrogen and oxygen atoms in total. The third-order valence-electron chi connectivity index (χ3n) is 3.22. The second-order valence-corrected chi connectivity index (χ2v) is 8.04. The molecule has 134 valence electrons. The van der Waals surface area contributed by atoms with Crippen LogP contribution >= 0.6 is 0 Å². The molecule has 0 fully saturated rings. The first-order valence-corrected chi connectivity index (χ1v) is 9.02. The van der Waals surface area contributed by atoms with Crippen LogP contribution in [0.4, 0.5) is 10.5 Å². The van der Waals surface area contributed by atoms with Crippen molar-refractivity contribution in [1.82, 2.24) is 5.32 Å². The number of aliphatic carboxylic acids is 1. The first-order chi connectivity index (χ1) is 10.9. The Hall–Kier alpha value is -2.29. The molecule has 0 spiro atoms. The Morgan fingerprint density at radius 3 is 2.38 bits per heavy atom. The molecule has 9 heteroatoms. The van der Waals surface area contributed by atoms with Crippen molar-refractivity contribution in [3.63, 3.8) is 0 Å². The van der Waals surface area contributed by atoms with E-state index in [2.05, 4.69) is 10.6 Å². The van der Waals surface area contributed by atoms with Gasteiger partial charge in [-0.2, -0.15) is 0 Å². The van der Waals surface area contributed by atoms with Gasteiger partial charge in [-0.25, -0.2) is 13.2 Å². The van der Waals surface area contributed by atoms with Crippen LogP contribution in [0, 0.1) is 0 Å². The Kier molecular flexibility index (Phi) is 6.19. The summed E-state index contributed by atoms with van der Waals surface area (Å²) in [6.07, 6.45) is 1.23. The van der Waals surface area contributed by atoms with Crippen molar-refractivity contribution in [1.29, 1.82) is 0 Å². The Morgan fingerprint density at radius 2 is 1.88 bits per heavy atom. The number of urea groups is 1. The van der Waals surface area contributed by atoms with Gasteiger partial charge in [0.1, 0.15) is 5.75 Å². The quantitative estimate of drug-likeness (QED) is 0.684. The monoisotopic (exact) mass is 358 g/mol. The molecule has 1 aromatic carbocycles. The van der Waals surface area contributed by atoms with Gasteiger partial charge in [-0.15, -0.1) is 0 Å². The maximum absolute atomic E-state index is 12.1. The molecular weight excluding hydrogens is 336 g/mol. The minimum atomic E-state index is -3.46. The fourth-order valence-electron chi connectivity index (χ4n) is 1.93. The molecule has 0 saturated heterocycles. The number of hydrogen-bond donors (Lipinski definition) is 3. The topological polar surface area (TPSA) is 122 Å². The summed E-state index contributed by atoms with van der Waals surface area (Å²) in [5, 5.41) is 13.9. The fraction of sp³-hybridized carbons (Fsp3) is 0.467. The van der Waals surface area contributed by atoms with E-state index in [1.54, 1.807) is 13.8 Å². The maximum atomic E-state index is 12.1. The average Bonchev–Trinajstić information content (AvgIpc) is 2.43. The van der Waals surface area contributed by atoms with Crippen molar-refractivity contribution < 1.29 is 27.9 Å². The molecule has 0 atom stereocenters. The summed E-state index contributed by atoms with van der Waals surface area (Å²) < 4.78 is 28.4. The van der Waals surface area contributed by atoms with Gasteiger partial charge in [-0.1, -0.05) is 0 Å². The number of rotatable bonds is 7. The SMILES string of the molecule is COc1cc(NC(=O)NC(C)(C)CCC(=O)O)cc(S(C)(=O)=O)c1. The number of hydrogen-bond acceptors (Lipinski definition) is 5. The average molecular weight is 358 g/mol. The summed E-state index contributed by atoms with van der Waals surface area (Å²) in [4.78, 5) is 22.7. The number of anilines is 1. The first-order valence-electron chi connectivity index (χ1n) is 7.13. The highest BCUT2D eigenvalue weighted by Crippen LogP contribution is 2.24. The zero-order valence-electron chi connectivity index (χ0n) is 14.0. The largest absolute Gasteiger partial charge is 0.497 e. The van der Waals surface area contributed by atoms with Crippen LogP contribution in [0.2, 0.25) is 0 Å². The molecule has 0 bridgehead atoms. The smallest absolute Gasteiger partial charge is 0.319 e. The van der Waals surface area contributed by atoms with E-state index in [0.29, 0.717) is 5.75 Å². The van der Waals surface area contributed by atoms with Gasteiger partial charge in [-0.3, -0.25) is 4.79 Å². The van der Waals surface area contributed by atoms with Crippen molar-refractivity contribution in [3.05, 3.63) is 18.2 Å². The van der Waals surface area contributed by atoms with Gasteiger partial charge in [0.25, 0.3) is 0 Å². The van der Waals surface area contributed by atoms with Crippen LogP contribution in [0.25, 0.3) is 0 Å². The number of nitrogens with one attached hydrogen (secondary N) is 2. The second kappa shape index (κ2) is 7.52. The number of carboxylic acid groups (broad SMARTS) is 1. The molecular formula is C15H22N2O6S. The minimum absolute atomic E-state index is 0.0160. The lowest BCUT2D eigenvalue weighted by Gasteiger charge is -2.25. The van der Waals surface area contributed by atoms with Crippen molar-refractivity contribution >= 4 is 27.5 Å². The lowest BCUT2D eigenvalue weighted by Crippen LogP contribution is -2.45. The van der Waals surface area contributed by atoms with Crippen molar-refractivity contribution in [2.24, 2.45) is 0 Å². The summed E-state index contributed by atoms with van der Waals surface area (Å²) in [7, 11) is -2.07. The van der Waals surface area contributed by atoms with E-state index in [4.69, 9.17) is 9.84 Å². The van der Waals surface area contributed by atoms with Gasteiger partial charge in [-0.05, 0) is 32.4 Å². The second-order valence-electron chi connectivity index (χ2n) is 6.03. The van der Waals surface area contributed by atoms with Gasteiger partial charge >= 0.3 is 12.0 Å². The lowest BCUT2D eigenvalue weighted by atomic mass is 9.99. The Labute approximate surface area is 141 Å². The van der Waals surface area contributed by atoms with E-state index < -0.39 is 27.4 Å². The molecule has 0 radical (unpaired) electrons. The third-order valence-corrected chi connectivity index (χ3v) is 4.31. The van der Waals surface area contributed by atoms with Crippen molar-refractivity contribution in [2.75, 3.05) is 18.7 Å². The lowest BCUT2D eigenvalue weighted by molar-refractivity contribution is -0.137. The van der Waals surface area contributed by atoms with Gasteiger partial charge in [0.05, 0.1) is 12.0 Å². The standard InChI is InChI=1S/C15H22N2O6S/c1-15(2,6-5-13(18)19)17-14(20)16-10-7-11(23-3)9-12(8-10)24(4,21)22/h7-9H,5-6H2,1-4H3,(H,18,19)(H2,16,17,20). The molecule has 0 aliphatic heterocycles. The highest BCUT2D eigenvalue weighted by molar-refractivity contribution is 7.90. The zero-order chi connectivity index (χ0) is 18.5. The molecule has 0 aliphatic carbocycles. The van der Waals surface area contributed by atoms with Crippen LogP contribution in [-0.4, -0.2) is 44.4 Å². The van der Waals surface area contributed by atoms with Crippen LogP contribution in [0.3, 0.4) is 0 Å². The van der Waals surface area contributed by atoms with Gasteiger partial charge in [0, 0.05) is 30.0 Å². The molecule has 0 aliphatic rings. The summed E-state index contributed by atoms with van der Waals surface area (Å²) in [6, 6.07) is 3.59. The Balaban J connectivity index is 2.88. The summed E-state index contributed by atoms with van der Waals surface area (Å²) in [5.41, 5.74) is -0.484. The molecule has 3 N–H and O–H groups in total. The molecule has 2 amide bonds. The summed E-state index contributed by atoms with van der Waals surface area (Å²) in [6.45, 7) is 3.39. The normalized spacial score (nSPS) is 11.7. The number of methoxy groups -OCH3 is 1. The van der Waals surface area contributed by atoms with Crippen LogP contribution in [0.1, 0.15) is 26.7 Å². The van der Waals surface area contributed by atoms with Crippen LogP contribution in [0.5, 0.6) is 5.75 Å². The number of carbonyl (C=O) groups excluding carboxylic acids is 1. The van der Waals surface area contributed by atoms with Crippen molar-refractivity contribution in [3.8, 4) is 5.75 Å². The highest BCUT2D eigenvalue weighted by atomic mass is 32.2. The number of sulfone groups is 1. The summed E-state index contributed by atoms with van der Waals surface area (Å²) in [5.74, 6) is -0.658. The van der Waals surface area contributed by atoms with Gasteiger partial charge in [0.2, 0.25) is 0 Å². The van der Waals surface area contributed by atoms with E-state index in [1.807, 2.05) is 0 Å². The van der Waals surface area contributed by atoms with E-state index in [9.17, 15) is 18.0 Å². The zero-order valence-corrected chi connectivity index (χ0v) is 14.9. The number of carbonyl (C=O) groups is 2. The summed E-state index contributed by atoms with van der Waals surface area (Å²) >= 11 is 0. The number of ether oxygens (including phenoxy) is 1. The first kappa shape index (κ1) is 19.8. The van der Waals surface area contributed by atoms with E-state index in [1.165, 1.54) is 25.3 Å². The number of carboxylic acids is 1. The van der Waals surface area contributed by atoms with E-state index in [-0.39, 0.29) is 23.4 Å². The van der Waals surface area contributed by atoms with Gasteiger partial charge in [0.15, 0.2) is 9.84 Å². The van der Waals surface area contributed by atoms with Gasteiger partial charge < -0.3 is 20.5 Å². The fourth-order valence-corrected chi connectivity index (χ4v) is 2.60. The minimum Gasteiger partial charge on any atom is -0.497 e. The molecule has 24 heavy (non-hydrogen) atoms. The molecule has 1 rings (SSSR count). The predicted octanol–water partition coefficient (Wildman–Crippen LogP) is 1.86. The number of amides is 2. The van der Waals surface area contributed by atoms with Crippen LogP contribution < -0.4 is 15.4 Å². The van der Waals surface area contributed by atoms with E-state index in [0.717, 1.165) is 6.26 Å².